The van der Waals surface area contributed by atoms with Crippen LogP contribution >= 0.6 is 0 Å². The van der Waals surface area contributed by atoms with Crippen molar-refractivity contribution in [1.82, 2.24) is 14.0 Å². The summed E-state index contributed by atoms with van der Waals surface area (Å²) in [5, 5.41) is 0. The van der Waals surface area contributed by atoms with Crippen LogP contribution in [0.4, 0.5) is 11.5 Å². The van der Waals surface area contributed by atoms with Crippen molar-refractivity contribution < 1.29 is 4.79 Å². The van der Waals surface area contributed by atoms with E-state index in [4.69, 9.17) is 5.73 Å². The summed E-state index contributed by atoms with van der Waals surface area (Å²) in [5.41, 5.74) is 5.78. The van der Waals surface area contributed by atoms with Crippen molar-refractivity contribution >= 4 is 17.3 Å². The van der Waals surface area contributed by atoms with Crippen LogP contribution in [0.25, 0.3) is 0 Å². The number of nitrogen functional groups attached to an aromatic ring is 1. The average Bonchev–Trinajstić information content (AvgIpc) is 2.71. The minimum atomic E-state index is -0.643. The number of hydrogen-bond acceptors (Lipinski definition) is 6. The van der Waals surface area contributed by atoms with Crippen molar-refractivity contribution in [3.05, 3.63) is 56.7 Å². The van der Waals surface area contributed by atoms with E-state index >= 15 is 0 Å². The second kappa shape index (κ2) is 7.40. The molecule has 1 aromatic carbocycles. The van der Waals surface area contributed by atoms with Gasteiger partial charge in [-0.1, -0.05) is 18.2 Å². The first-order valence-corrected chi connectivity index (χ1v) is 8.96. The quantitative estimate of drug-likeness (QED) is 0.764. The Morgan fingerprint density at radius 2 is 1.59 bits per heavy atom. The minimum Gasteiger partial charge on any atom is -0.384 e. The molecule has 3 rings (SSSR count). The molecule has 0 aliphatic carbocycles. The van der Waals surface area contributed by atoms with Crippen LogP contribution in [0.15, 0.2) is 39.9 Å². The number of carbonyl (C=O) groups is 1. The fourth-order valence-electron chi connectivity index (χ4n) is 3.47. The largest absolute Gasteiger partial charge is 0.384 e. The molecule has 1 atom stereocenters. The fraction of sp³-hybridized carbons (Fsp3) is 0.421. The van der Waals surface area contributed by atoms with Crippen molar-refractivity contribution in [2.75, 3.05) is 36.8 Å². The summed E-state index contributed by atoms with van der Waals surface area (Å²) in [4.78, 5) is 41.7. The van der Waals surface area contributed by atoms with Crippen LogP contribution in [0.2, 0.25) is 0 Å². The predicted octanol–water partition coefficient (Wildman–Crippen LogP) is 0.0596. The second-order valence-corrected chi connectivity index (χ2v) is 6.86. The van der Waals surface area contributed by atoms with E-state index in [1.165, 1.54) is 14.1 Å². The molecule has 2 heterocycles. The molecule has 144 valence electrons. The van der Waals surface area contributed by atoms with Crippen LogP contribution < -0.4 is 21.9 Å². The topological polar surface area (TPSA) is 93.6 Å². The van der Waals surface area contributed by atoms with Gasteiger partial charge in [0.05, 0.1) is 6.04 Å². The molecule has 8 heteroatoms. The molecule has 27 heavy (non-hydrogen) atoms. The predicted molar refractivity (Wildman–Crippen MR) is 105 cm³/mol. The Labute approximate surface area is 157 Å². The van der Waals surface area contributed by atoms with Crippen molar-refractivity contribution in [1.29, 1.82) is 0 Å². The van der Waals surface area contributed by atoms with Crippen LogP contribution in [-0.2, 0) is 14.1 Å². The molecule has 2 N–H and O–H groups in total. The van der Waals surface area contributed by atoms with Gasteiger partial charge in [0.25, 0.3) is 5.56 Å². The molecule has 0 spiro atoms. The number of piperazine rings is 1. The number of carbonyl (C=O) groups excluding carboxylic acids is 1. The highest BCUT2D eigenvalue weighted by atomic mass is 16.2. The Bertz CT molecular complexity index is 956. The lowest BCUT2D eigenvalue weighted by molar-refractivity contribution is 0.0828. The van der Waals surface area contributed by atoms with Crippen LogP contribution in [0.1, 0.15) is 17.3 Å². The van der Waals surface area contributed by atoms with Crippen molar-refractivity contribution in [2.45, 2.75) is 13.0 Å². The molecule has 1 unspecified atom stereocenters. The summed E-state index contributed by atoms with van der Waals surface area (Å²) in [5.74, 6) is -0.431. The van der Waals surface area contributed by atoms with Gasteiger partial charge in [0.15, 0.2) is 5.78 Å². The van der Waals surface area contributed by atoms with Crippen LogP contribution in [0.3, 0.4) is 0 Å². The maximum atomic E-state index is 13.0. The van der Waals surface area contributed by atoms with Gasteiger partial charge < -0.3 is 10.6 Å². The molecular formula is C19H25N5O3. The second-order valence-electron chi connectivity index (χ2n) is 6.86. The number of nitrogens with two attached hydrogens (primary N) is 1. The highest BCUT2D eigenvalue weighted by molar-refractivity contribution is 6.03. The van der Waals surface area contributed by atoms with Gasteiger partial charge in [-0.25, -0.2) is 4.79 Å². The first-order chi connectivity index (χ1) is 12.8. The number of para-hydroxylation sites is 1. The smallest absolute Gasteiger partial charge is 0.332 e. The standard InChI is InChI=1S/C19H25N5O3/c1-13(16(25)15-17(20)21(2)19(27)22(3)18(15)26)23-9-11-24(12-10-23)14-7-5-4-6-8-14/h4-8,13H,9-12,20H2,1-3H3. The van der Waals surface area contributed by atoms with Crippen LogP contribution in [0, 0.1) is 0 Å². The number of rotatable bonds is 4. The van der Waals surface area contributed by atoms with E-state index in [1.54, 1.807) is 6.92 Å². The number of nitrogens with zero attached hydrogens (tertiary/aromatic N) is 4. The maximum Gasteiger partial charge on any atom is 0.332 e. The molecule has 1 saturated heterocycles. The molecule has 0 saturated carbocycles. The third kappa shape index (κ3) is 3.40. The molecule has 1 fully saturated rings. The van der Waals surface area contributed by atoms with Crippen LogP contribution in [0.5, 0.6) is 0 Å². The molecule has 1 aromatic heterocycles. The number of hydrogen-bond donors (Lipinski definition) is 1. The molecule has 0 radical (unpaired) electrons. The molecule has 1 aliphatic rings. The number of ketones is 1. The third-order valence-electron chi connectivity index (χ3n) is 5.32. The summed E-state index contributed by atoms with van der Waals surface area (Å²) in [6.45, 7) is 4.77. The monoisotopic (exact) mass is 371 g/mol. The summed E-state index contributed by atoms with van der Waals surface area (Å²) in [6.07, 6.45) is 0. The van der Waals surface area contributed by atoms with E-state index in [2.05, 4.69) is 17.0 Å². The molecule has 8 nitrogen and oxygen atoms in total. The van der Waals surface area contributed by atoms with Gasteiger partial charge in [0, 0.05) is 46.0 Å². The van der Waals surface area contributed by atoms with Gasteiger partial charge in [0.2, 0.25) is 0 Å². The van der Waals surface area contributed by atoms with E-state index in [0.717, 1.165) is 27.9 Å². The van der Waals surface area contributed by atoms with Gasteiger partial charge in [-0.05, 0) is 19.1 Å². The number of benzene rings is 1. The van der Waals surface area contributed by atoms with Gasteiger partial charge in [0.1, 0.15) is 11.4 Å². The van der Waals surface area contributed by atoms with Gasteiger partial charge in [-0.2, -0.15) is 0 Å². The first-order valence-electron chi connectivity index (χ1n) is 8.96. The van der Waals surface area contributed by atoms with Gasteiger partial charge in [-0.15, -0.1) is 0 Å². The maximum absolute atomic E-state index is 13.0. The highest BCUT2D eigenvalue weighted by Crippen LogP contribution is 2.18. The molecule has 1 aliphatic heterocycles. The number of Topliss-reactive ketones (excluding diaryl/α,β-unsaturated/α-hetero) is 1. The van der Waals surface area contributed by atoms with Gasteiger partial charge >= 0.3 is 5.69 Å². The zero-order valence-corrected chi connectivity index (χ0v) is 15.9. The Balaban J connectivity index is 1.78. The third-order valence-corrected chi connectivity index (χ3v) is 5.32. The van der Waals surface area contributed by atoms with E-state index in [0.29, 0.717) is 13.1 Å². The molecule has 0 amide bonds. The van der Waals surface area contributed by atoms with Crippen LogP contribution in [-0.4, -0.2) is 52.0 Å². The Kier molecular flexibility index (Phi) is 5.18. The van der Waals surface area contributed by atoms with E-state index in [-0.39, 0.29) is 17.2 Å². The lowest BCUT2D eigenvalue weighted by atomic mass is 10.0. The van der Waals surface area contributed by atoms with Crippen molar-refractivity contribution in [3.63, 3.8) is 0 Å². The Morgan fingerprint density at radius 1 is 1.00 bits per heavy atom. The van der Waals surface area contributed by atoms with Crippen molar-refractivity contribution in [3.8, 4) is 0 Å². The molecular weight excluding hydrogens is 346 g/mol. The summed E-state index contributed by atoms with van der Waals surface area (Å²) < 4.78 is 2.05. The Morgan fingerprint density at radius 3 is 2.19 bits per heavy atom. The lowest BCUT2D eigenvalue weighted by Crippen LogP contribution is -2.53. The highest BCUT2D eigenvalue weighted by Gasteiger charge is 2.30. The first kappa shape index (κ1) is 18.9. The summed E-state index contributed by atoms with van der Waals surface area (Å²) in [7, 11) is 2.81. The van der Waals surface area contributed by atoms with Crippen molar-refractivity contribution in [2.24, 2.45) is 14.1 Å². The van der Waals surface area contributed by atoms with E-state index in [1.807, 2.05) is 23.1 Å². The fourth-order valence-corrected chi connectivity index (χ4v) is 3.47. The van der Waals surface area contributed by atoms with Gasteiger partial charge in [-0.3, -0.25) is 23.6 Å². The molecule has 2 aromatic rings. The number of aromatic nitrogens is 2. The zero-order chi connectivity index (χ0) is 19.7. The zero-order valence-electron chi connectivity index (χ0n) is 15.9. The number of anilines is 2. The Hall–Kier alpha value is -2.87. The lowest BCUT2D eigenvalue weighted by Gasteiger charge is -2.38. The summed E-state index contributed by atoms with van der Waals surface area (Å²) in [6, 6.07) is 9.64. The van der Waals surface area contributed by atoms with E-state index < -0.39 is 17.3 Å². The van der Waals surface area contributed by atoms with E-state index in [9.17, 15) is 14.4 Å². The SMILES string of the molecule is CC(C(=O)c1c(N)n(C)c(=O)n(C)c1=O)N1CCN(c2ccccc2)CC1. The normalized spacial score (nSPS) is 16.3. The summed E-state index contributed by atoms with van der Waals surface area (Å²) >= 11 is 0. The minimum absolute atomic E-state index is 0.0807. The molecule has 0 bridgehead atoms. The average molecular weight is 371 g/mol.